The van der Waals surface area contributed by atoms with E-state index in [1.54, 1.807) is 37.4 Å². The van der Waals surface area contributed by atoms with Crippen LogP contribution in [0.1, 0.15) is 17.3 Å². The number of aromatic nitrogens is 1. The largest absolute Gasteiger partial charge is 0.462 e. The summed E-state index contributed by atoms with van der Waals surface area (Å²) >= 11 is 0. The van der Waals surface area contributed by atoms with Gasteiger partial charge in [0, 0.05) is 29.2 Å². The molecule has 2 amide bonds. The summed E-state index contributed by atoms with van der Waals surface area (Å²) in [6.45, 7) is 2.04. The fourth-order valence-electron chi connectivity index (χ4n) is 3.34. The van der Waals surface area contributed by atoms with Crippen LogP contribution < -0.4 is 10.6 Å². The van der Waals surface area contributed by atoms with Crippen molar-refractivity contribution in [1.29, 1.82) is 0 Å². The van der Waals surface area contributed by atoms with Gasteiger partial charge in [-0.2, -0.15) is 0 Å². The van der Waals surface area contributed by atoms with Gasteiger partial charge < -0.3 is 15.4 Å². The number of amides is 2. The number of hydrogen-bond acceptors (Lipinski definition) is 4. The van der Waals surface area contributed by atoms with Gasteiger partial charge in [0.15, 0.2) is 0 Å². The molecule has 154 valence electrons. The van der Waals surface area contributed by atoms with Gasteiger partial charge >= 0.3 is 12.0 Å². The van der Waals surface area contributed by atoms with Crippen molar-refractivity contribution in [3.05, 3.63) is 90.8 Å². The Bertz CT molecular complexity index is 1230. The summed E-state index contributed by atoms with van der Waals surface area (Å²) in [7, 11) is 0. The van der Waals surface area contributed by atoms with Crippen molar-refractivity contribution in [1.82, 2.24) is 4.98 Å². The molecule has 0 aliphatic heterocycles. The third-order valence-electron chi connectivity index (χ3n) is 4.77. The molecule has 0 aliphatic carbocycles. The zero-order valence-electron chi connectivity index (χ0n) is 17.0. The van der Waals surface area contributed by atoms with E-state index in [2.05, 4.69) is 21.7 Å². The number of anilines is 2. The van der Waals surface area contributed by atoms with Gasteiger partial charge in [-0.3, -0.25) is 4.98 Å². The van der Waals surface area contributed by atoms with E-state index in [-0.39, 0.29) is 0 Å². The Balaban J connectivity index is 1.45. The second-order valence-electron chi connectivity index (χ2n) is 6.86. The average molecular weight is 411 g/mol. The fourth-order valence-corrected chi connectivity index (χ4v) is 3.34. The quantitative estimate of drug-likeness (QED) is 0.412. The molecule has 0 radical (unpaired) electrons. The Kier molecular flexibility index (Phi) is 5.89. The minimum Gasteiger partial charge on any atom is -0.462 e. The Hall–Kier alpha value is -4.19. The first kappa shape index (κ1) is 20.1. The average Bonchev–Trinajstić information content (AvgIpc) is 2.79. The molecule has 0 aliphatic rings. The molecule has 2 N–H and O–H groups in total. The van der Waals surface area contributed by atoms with Crippen molar-refractivity contribution in [3.8, 4) is 11.1 Å². The van der Waals surface area contributed by atoms with Gasteiger partial charge in [-0.05, 0) is 59.8 Å². The second-order valence-corrected chi connectivity index (χ2v) is 6.86. The van der Waals surface area contributed by atoms with E-state index in [0.29, 0.717) is 23.5 Å². The van der Waals surface area contributed by atoms with Gasteiger partial charge in [0.05, 0.1) is 12.2 Å². The lowest BCUT2D eigenvalue weighted by atomic mass is 9.99. The van der Waals surface area contributed by atoms with E-state index in [0.717, 1.165) is 21.9 Å². The smallest absolute Gasteiger partial charge is 0.338 e. The molecule has 4 aromatic rings. The zero-order valence-corrected chi connectivity index (χ0v) is 17.0. The van der Waals surface area contributed by atoms with E-state index in [9.17, 15) is 9.59 Å². The Morgan fingerprint density at radius 3 is 2.48 bits per heavy atom. The maximum Gasteiger partial charge on any atom is 0.338 e. The number of carbonyl (C=O) groups is 2. The molecule has 0 atom stereocenters. The third kappa shape index (κ3) is 4.70. The summed E-state index contributed by atoms with van der Waals surface area (Å²) in [6, 6.07) is 21.9. The lowest BCUT2D eigenvalue weighted by molar-refractivity contribution is 0.0526. The lowest BCUT2D eigenvalue weighted by Crippen LogP contribution is -2.19. The van der Waals surface area contributed by atoms with Crippen molar-refractivity contribution in [3.63, 3.8) is 0 Å². The van der Waals surface area contributed by atoms with Crippen molar-refractivity contribution >= 4 is 34.1 Å². The fraction of sp³-hybridized carbons (Fsp3) is 0.0800. The summed E-state index contributed by atoms with van der Waals surface area (Å²) in [5, 5.41) is 7.74. The molecular weight excluding hydrogens is 390 g/mol. The highest BCUT2D eigenvalue weighted by molar-refractivity contribution is 6.01. The van der Waals surface area contributed by atoms with Crippen LogP contribution in [0.2, 0.25) is 0 Å². The highest BCUT2D eigenvalue weighted by Gasteiger charge is 2.09. The number of ether oxygens (including phenoxy) is 1. The second kappa shape index (κ2) is 9.09. The molecule has 0 bridgehead atoms. The number of pyridine rings is 1. The van der Waals surface area contributed by atoms with E-state index in [4.69, 9.17) is 4.74 Å². The standard InChI is InChI=1S/C25H21N3O3/c1-2-31-24(29)18-5-3-7-21(15-18)28-25(30)27-20-11-9-17(10-12-20)22-8-4-6-19-16-26-14-13-23(19)22/h3-16H,2H2,1H3,(H2,27,28,30). The molecule has 0 unspecified atom stereocenters. The summed E-state index contributed by atoms with van der Waals surface area (Å²) in [6.07, 6.45) is 3.62. The van der Waals surface area contributed by atoms with Crippen LogP contribution in [-0.4, -0.2) is 23.6 Å². The minimum atomic E-state index is -0.425. The molecule has 6 heteroatoms. The van der Waals surface area contributed by atoms with Gasteiger partial charge in [-0.25, -0.2) is 9.59 Å². The molecule has 3 aromatic carbocycles. The molecule has 0 fully saturated rings. The Morgan fingerprint density at radius 2 is 1.68 bits per heavy atom. The summed E-state index contributed by atoms with van der Waals surface area (Å²) in [5.41, 5.74) is 3.69. The number of hydrogen-bond donors (Lipinski definition) is 2. The summed E-state index contributed by atoms with van der Waals surface area (Å²) < 4.78 is 4.99. The molecule has 1 aromatic heterocycles. The number of rotatable bonds is 5. The number of benzene rings is 3. The highest BCUT2D eigenvalue weighted by atomic mass is 16.5. The van der Waals surface area contributed by atoms with Gasteiger partial charge in [0.1, 0.15) is 0 Å². The van der Waals surface area contributed by atoms with Crippen LogP contribution in [0, 0.1) is 0 Å². The van der Waals surface area contributed by atoms with Crippen LogP contribution in [0.25, 0.3) is 21.9 Å². The van der Waals surface area contributed by atoms with Crippen molar-refractivity contribution < 1.29 is 14.3 Å². The van der Waals surface area contributed by atoms with Crippen molar-refractivity contribution in [2.24, 2.45) is 0 Å². The predicted molar refractivity (Wildman–Crippen MR) is 122 cm³/mol. The SMILES string of the molecule is CCOC(=O)c1cccc(NC(=O)Nc2ccc(-c3cccc4cnccc34)cc2)c1. The zero-order chi connectivity index (χ0) is 21.6. The van der Waals surface area contributed by atoms with Crippen LogP contribution in [0.5, 0.6) is 0 Å². The van der Waals surface area contributed by atoms with Gasteiger partial charge in [0.25, 0.3) is 0 Å². The maximum absolute atomic E-state index is 12.4. The topological polar surface area (TPSA) is 80.3 Å². The Labute approximate surface area is 179 Å². The van der Waals surface area contributed by atoms with Crippen molar-refractivity contribution in [2.45, 2.75) is 6.92 Å². The van der Waals surface area contributed by atoms with Crippen LogP contribution in [0.15, 0.2) is 85.2 Å². The predicted octanol–water partition coefficient (Wildman–Crippen LogP) is 5.72. The first-order valence-corrected chi connectivity index (χ1v) is 9.92. The van der Waals surface area contributed by atoms with Crippen LogP contribution in [0.4, 0.5) is 16.2 Å². The number of carbonyl (C=O) groups excluding carboxylic acids is 2. The van der Waals surface area contributed by atoms with E-state index < -0.39 is 12.0 Å². The van der Waals surface area contributed by atoms with Crippen LogP contribution >= 0.6 is 0 Å². The van der Waals surface area contributed by atoms with E-state index >= 15 is 0 Å². The minimum absolute atomic E-state index is 0.294. The maximum atomic E-state index is 12.4. The molecule has 0 saturated carbocycles. The number of urea groups is 1. The first-order chi connectivity index (χ1) is 15.1. The summed E-state index contributed by atoms with van der Waals surface area (Å²) in [5.74, 6) is -0.425. The molecule has 0 spiro atoms. The van der Waals surface area contributed by atoms with Gasteiger partial charge in [0.2, 0.25) is 0 Å². The van der Waals surface area contributed by atoms with Gasteiger partial charge in [-0.15, -0.1) is 0 Å². The lowest BCUT2D eigenvalue weighted by Gasteiger charge is -2.10. The highest BCUT2D eigenvalue weighted by Crippen LogP contribution is 2.29. The molecule has 6 nitrogen and oxygen atoms in total. The molecular formula is C25H21N3O3. The third-order valence-corrected chi connectivity index (χ3v) is 4.77. The van der Waals surface area contributed by atoms with Crippen LogP contribution in [-0.2, 0) is 4.74 Å². The summed E-state index contributed by atoms with van der Waals surface area (Å²) in [4.78, 5) is 28.4. The van der Waals surface area contributed by atoms with Crippen LogP contribution in [0.3, 0.4) is 0 Å². The van der Waals surface area contributed by atoms with E-state index in [1.165, 1.54) is 0 Å². The first-order valence-electron chi connectivity index (χ1n) is 9.92. The molecule has 0 saturated heterocycles. The Morgan fingerprint density at radius 1 is 0.903 bits per heavy atom. The number of nitrogens with one attached hydrogen (secondary N) is 2. The van der Waals surface area contributed by atoms with Gasteiger partial charge in [-0.1, -0.05) is 36.4 Å². The number of esters is 1. The molecule has 4 rings (SSSR count). The van der Waals surface area contributed by atoms with Crippen molar-refractivity contribution in [2.75, 3.05) is 17.2 Å². The molecule has 31 heavy (non-hydrogen) atoms. The number of nitrogens with zero attached hydrogens (tertiary/aromatic N) is 1. The van der Waals surface area contributed by atoms with E-state index in [1.807, 2.05) is 48.7 Å². The normalized spacial score (nSPS) is 10.5. The number of fused-ring (bicyclic) bond motifs is 1. The monoisotopic (exact) mass is 411 g/mol. The molecule has 1 heterocycles.